The smallest absolute Gasteiger partial charge is 0.319 e. The summed E-state index contributed by atoms with van der Waals surface area (Å²) in [4.78, 5) is 25.2. The molecule has 16 heavy (non-hydrogen) atoms. The Kier molecular flexibility index (Phi) is 3.42. The predicted molar refractivity (Wildman–Crippen MR) is 62.4 cm³/mol. The fourth-order valence-electron chi connectivity index (χ4n) is 2.30. The number of thioether (sulfide) groups is 1. The summed E-state index contributed by atoms with van der Waals surface area (Å²) in [7, 11) is 0. The van der Waals surface area contributed by atoms with Gasteiger partial charge in [0.15, 0.2) is 0 Å². The van der Waals surface area contributed by atoms with Gasteiger partial charge in [0.2, 0.25) is 5.91 Å². The maximum absolute atomic E-state index is 12.2. The van der Waals surface area contributed by atoms with Crippen LogP contribution in [0.5, 0.6) is 0 Å². The first-order chi connectivity index (χ1) is 7.67. The summed E-state index contributed by atoms with van der Waals surface area (Å²) in [5.74, 6) is 0.931. The van der Waals surface area contributed by atoms with E-state index in [2.05, 4.69) is 0 Å². The molecule has 0 aromatic heterocycles. The number of rotatable bonds is 2. The van der Waals surface area contributed by atoms with E-state index in [9.17, 15) is 14.7 Å². The van der Waals surface area contributed by atoms with Crippen LogP contribution in [0.1, 0.15) is 25.7 Å². The van der Waals surface area contributed by atoms with Crippen molar-refractivity contribution in [3.63, 3.8) is 0 Å². The minimum atomic E-state index is -1.07. The molecule has 2 fully saturated rings. The number of carboxylic acid groups (broad SMARTS) is 1. The normalized spacial score (nSPS) is 24.4. The van der Waals surface area contributed by atoms with Gasteiger partial charge in [-0.3, -0.25) is 9.59 Å². The van der Waals surface area contributed by atoms with Crippen LogP contribution in [0.4, 0.5) is 0 Å². The molecule has 0 aromatic rings. The number of aliphatic carboxylic acids is 1. The van der Waals surface area contributed by atoms with Crippen LogP contribution in [0.2, 0.25) is 0 Å². The Morgan fingerprint density at radius 1 is 1.12 bits per heavy atom. The Morgan fingerprint density at radius 3 is 2.44 bits per heavy atom. The van der Waals surface area contributed by atoms with E-state index in [4.69, 9.17) is 0 Å². The van der Waals surface area contributed by atoms with E-state index in [0.717, 1.165) is 30.9 Å². The number of carbonyl (C=O) groups is 2. The molecule has 2 rings (SSSR count). The Bertz CT molecular complexity index is 294. The highest BCUT2D eigenvalue weighted by Crippen LogP contribution is 2.43. The van der Waals surface area contributed by atoms with Crippen LogP contribution in [0.3, 0.4) is 0 Å². The van der Waals surface area contributed by atoms with E-state index in [1.165, 1.54) is 0 Å². The van der Waals surface area contributed by atoms with Crippen molar-refractivity contribution >= 4 is 23.6 Å². The number of carbonyl (C=O) groups excluding carboxylic acids is 1. The average molecular weight is 243 g/mol. The van der Waals surface area contributed by atoms with E-state index >= 15 is 0 Å². The minimum absolute atomic E-state index is 0.145. The summed E-state index contributed by atoms with van der Waals surface area (Å²) in [6.45, 7) is 1.43. The van der Waals surface area contributed by atoms with Crippen LogP contribution in [0.25, 0.3) is 0 Å². The van der Waals surface area contributed by atoms with E-state index < -0.39 is 11.4 Å². The summed E-state index contributed by atoms with van der Waals surface area (Å²) in [6.07, 6.45) is 2.88. The zero-order valence-electron chi connectivity index (χ0n) is 9.28. The Hall–Kier alpha value is -0.710. The molecule has 1 heterocycles. The van der Waals surface area contributed by atoms with Crippen molar-refractivity contribution in [2.45, 2.75) is 25.7 Å². The SMILES string of the molecule is O=C(O)C1(C(=O)N2CCCSCC2)CCC1. The maximum atomic E-state index is 12.2. The number of nitrogens with zero attached hydrogens (tertiary/aromatic N) is 1. The first-order valence-electron chi connectivity index (χ1n) is 5.77. The molecule has 0 bridgehead atoms. The third-order valence-electron chi connectivity index (χ3n) is 3.54. The highest BCUT2D eigenvalue weighted by atomic mass is 32.2. The van der Waals surface area contributed by atoms with Gasteiger partial charge in [0.05, 0.1) is 0 Å². The Balaban J connectivity index is 2.07. The van der Waals surface area contributed by atoms with Crippen LogP contribution >= 0.6 is 11.8 Å². The van der Waals surface area contributed by atoms with E-state index in [-0.39, 0.29) is 5.91 Å². The second kappa shape index (κ2) is 4.65. The number of hydrogen-bond donors (Lipinski definition) is 1. The van der Waals surface area contributed by atoms with Gasteiger partial charge >= 0.3 is 5.97 Å². The van der Waals surface area contributed by atoms with Crippen molar-refractivity contribution < 1.29 is 14.7 Å². The monoisotopic (exact) mass is 243 g/mol. The van der Waals surface area contributed by atoms with Crippen LogP contribution < -0.4 is 0 Å². The quantitative estimate of drug-likeness (QED) is 0.741. The highest BCUT2D eigenvalue weighted by molar-refractivity contribution is 7.99. The largest absolute Gasteiger partial charge is 0.480 e. The summed E-state index contributed by atoms with van der Waals surface area (Å²) < 4.78 is 0. The van der Waals surface area contributed by atoms with Crippen molar-refractivity contribution in [2.75, 3.05) is 24.6 Å². The molecule has 0 spiro atoms. The maximum Gasteiger partial charge on any atom is 0.319 e. The molecule has 1 amide bonds. The highest BCUT2D eigenvalue weighted by Gasteiger charge is 2.52. The second-order valence-electron chi connectivity index (χ2n) is 4.50. The van der Waals surface area contributed by atoms with E-state index in [1.807, 2.05) is 11.8 Å². The number of carboxylic acids is 1. The molecular weight excluding hydrogens is 226 g/mol. The molecule has 1 aliphatic carbocycles. The zero-order chi connectivity index (χ0) is 11.6. The Morgan fingerprint density at radius 2 is 1.88 bits per heavy atom. The van der Waals surface area contributed by atoms with Gasteiger partial charge < -0.3 is 10.0 Å². The second-order valence-corrected chi connectivity index (χ2v) is 5.72. The number of hydrogen-bond acceptors (Lipinski definition) is 3. The molecule has 0 radical (unpaired) electrons. The van der Waals surface area contributed by atoms with Gasteiger partial charge in [-0.05, 0) is 25.0 Å². The summed E-state index contributed by atoms with van der Waals surface area (Å²) in [5.41, 5.74) is -1.07. The summed E-state index contributed by atoms with van der Waals surface area (Å²) >= 11 is 1.84. The summed E-state index contributed by atoms with van der Waals surface area (Å²) in [5, 5.41) is 9.20. The van der Waals surface area contributed by atoms with Crippen molar-refractivity contribution in [3.05, 3.63) is 0 Å². The molecule has 1 aliphatic heterocycles. The van der Waals surface area contributed by atoms with Crippen molar-refractivity contribution in [1.29, 1.82) is 0 Å². The average Bonchev–Trinajstić information content (AvgIpc) is 2.42. The molecule has 1 saturated heterocycles. The van der Waals surface area contributed by atoms with Crippen LogP contribution in [-0.4, -0.2) is 46.5 Å². The van der Waals surface area contributed by atoms with Crippen LogP contribution in [0.15, 0.2) is 0 Å². The molecule has 0 unspecified atom stereocenters. The van der Waals surface area contributed by atoms with Crippen LogP contribution in [-0.2, 0) is 9.59 Å². The fourth-order valence-corrected chi connectivity index (χ4v) is 3.19. The lowest BCUT2D eigenvalue weighted by Gasteiger charge is -2.39. The molecule has 0 atom stereocenters. The van der Waals surface area contributed by atoms with E-state index in [1.54, 1.807) is 4.90 Å². The molecule has 1 N–H and O–H groups in total. The van der Waals surface area contributed by atoms with Gasteiger partial charge in [0.25, 0.3) is 0 Å². The van der Waals surface area contributed by atoms with Gasteiger partial charge in [-0.2, -0.15) is 11.8 Å². The molecule has 5 heteroatoms. The van der Waals surface area contributed by atoms with Crippen molar-refractivity contribution in [3.8, 4) is 0 Å². The fraction of sp³-hybridized carbons (Fsp3) is 0.818. The predicted octanol–water partition coefficient (Wildman–Crippen LogP) is 1.21. The molecule has 4 nitrogen and oxygen atoms in total. The molecule has 90 valence electrons. The number of amides is 1. The molecular formula is C11H17NO3S. The third kappa shape index (κ3) is 1.93. The summed E-state index contributed by atoms with van der Waals surface area (Å²) in [6, 6.07) is 0. The van der Waals surface area contributed by atoms with Crippen molar-refractivity contribution in [1.82, 2.24) is 4.90 Å². The topological polar surface area (TPSA) is 57.6 Å². The Labute approximate surface area is 99.4 Å². The lowest BCUT2D eigenvalue weighted by molar-refractivity contribution is -0.167. The first kappa shape index (κ1) is 11.8. The van der Waals surface area contributed by atoms with Crippen molar-refractivity contribution in [2.24, 2.45) is 5.41 Å². The molecule has 0 aromatic carbocycles. The van der Waals surface area contributed by atoms with E-state index in [0.29, 0.717) is 19.4 Å². The van der Waals surface area contributed by atoms with Crippen LogP contribution in [0, 0.1) is 5.41 Å². The van der Waals surface area contributed by atoms with Gasteiger partial charge in [-0.15, -0.1) is 0 Å². The minimum Gasteiger partial charge on any atom is -0.480 e. The van der Waals surface area contributed by atoms with Gasteiger partial charge in [0, 0.05) is 18.8 Å². The van der Waals surface area contributed by atoms with Gasteiger partial charge in [-0.1, -0.05) is 6.42 Å². The first-order valence-corrected chi connectivity index (χ1v) is 6.93. The third-order valence-corrected chi connectivity index (χ3v) is 4.58. The molecule has 1 saturated carbocycles. The lowest BCUT2D eigenvalue weighted by Crippen LogP contribution is -2.53. The lowest BCUT2D eigenvalue weighted by atomic mass is 9.67. The zero-order valence-corrected chi connectivity index (χ0v) is 10.1. The standard InChI is InChI=1S/C11H17NO3S/c13-9(11(10(14)15)3-1-4-11)12-5-2-7-16-8-6-12/h1-8H2,(H,14,15). The molecule has 2 aliphatic rings. The van der Waals surface area contributed by atoms with Gasteiger partial charge in [0.1, 0.15) is 5.41 Å². The van der Waals surface area contributed by atoms with Gasteiger partial charge in [-0.25, -0.2) is 0 Å².